The van der Waals surface area contributed by atoms with Crippen molar-refractivity contribution in [2.75, 3.05) is 7.05 Å². The van der Waals surface area contributed by atoms with Crippen LogP contribution in [0.5, 0.6) is 0 Å². The fraction of sp³-hybridized carbons (Fsp3) is 0.400. The molecule has 0 aromatic heterocycles. The Kier molecular flexibility index (Phi) is 4.13. The van der Waals surface area contributed by atoms with E-state index in [0.717, 1.165) is 24.8 Å². The van der Waals surface area contributed by atoms with Gasteiger partial charge in [-0.2, -0.15) is 0 Å². The van der Waals surface area contributed by atoms with E-state index in [1.54, 1.807) is 18.0 Å². The molecule has 1 aliphatic carbocycles. The van der Waals surface area contributed by atoms with Gasteiger partial charge in [-0.1, -0.05) is 24.3 Å². The number of hydrogen-bond acceptors (Lipinski definition) is 1. The van der Waals surface area contributed by atoms with Gasteiger partial charge in [-0.25, -0.2) is 4.39 Å². The lowest BCUT2D eigenvalue weighted by Crippen LogP contribution is -2.32. The first-order valence-electron chi connectivity index (χ1n) is 6.31. The first-order valence-corrected chi connectivity index (χ1v) is 6.31. The van der Waals surface area contributed by atoms with Gasteiger partial charge in [-0.3, -0.25) is 4.79 Å². The van der Waals surface area contributed by atoms with Gasteiger partial charge in [0.15, 0.2) is 0 Å². The summed E-state index contributed by atoms with van der Waals surface area (Å²) in [6.45, 7) is 0.469. The largest absolute Gasteiger partial charge is 0.341 e. The zero-order valence-corrected chi connectivity index (χ0v) is 10.6. The lowest BCUT2D eigenvalue weighted by molar-refractivity contribution is -0.135. The number of amides is 1. The van der Waals surface area contributed by atoms with Gasteiger partial charge in [-0.05, 0) is 37.0 Å². The van der Waals surface area contributed by atoms with Crippen LogP contribution < -0.4 is 0 Å². The summed E-state index contributed by atoms with van der Waals surface area (Å²) in [7, 11) is 1.78. The molecule has 96 valence electrons. The molecule has 1 aromatic carbocycles. The molecule has 1 atom stereocenters. The van der Waals surface area contributed by atoms with E-state index < -0.39 is 0 Å². The second kappa shape index (κ2) is 5.80. The van der Waals surface area contributed by atoms with Crippen molar-refractivity contribution in [3.63, 3.8) is 0 Å². The number of benzene rings is 1. The van der Waals surface area contributed by atoms with E-state index in [4.69, 9.17) is 0 Å². The van der Waals surface area contributed by atoms with E-state index >= 15 is 0 Å². The number of nitrogens with zero attached hydrogens (tertiary/aromatic N) is 1. The van der Waals surface area contributed by atoms with E-state index in [2.05, 4.69) is 12.2 Å². The number of carbonyl (C=O) groups excluding carboxylic acids is 1. The Morgan fingerprint density at radius 2 is 2.28 bits per heavy atom. The van der Waals surface area contributed by atoms with E-state index in [0.29, 0.717) is 6.54 Å². The van der Waals surface area contributed by atoms with Gasteiger partial charge in [-0.15, -0.1) is 0 Å². The van der Waals surface area contributed by atoms with Crippen LogP contribution >= 0.6 is 0 Å². The number of rotatable bonds is 3. The molecule has 1 aliphatic rings. The van der Waals surface area contributed by atoms with Crippen LogP contribution in [-0.2, 0) is 11.3 Å². The van der Waals surface area contributed by atoms with Crippen LogP contribution in [0.3, 0.4) is 0 Å². The summed E-state index contributed by atoms with van der Waals surface area (Å²) < 4.78 is 13.1. The fourth-order valence-electron chi connectivity index (χ4n) is 2.32. The molecule has 0 bridgehead atoms. The summed E-state index contributed by atoms with van der Waals surface area (Å²) in [4.78, 5) is 13.9. The molecule has 0 heterocycles. The summed E-state index contributed by atoms with van der Waals surface area (Å²) >= 11 is 0. The molecule has 3 heteroatoms. The molecule has 1 amide bonds. The Morgan fingerprint density at radius 1 is 1.44 bits per heavy atom. The Morgan fingerprint density at radius 3 is 2.94 bits per heavy atom. The minimum absolute atomic E-state index is 0.0913. The predicted molar refractivity (Wildman–Crippen MR) is 69.4 cm³/mol. The number of allylic oxidation sites excluding steroid dienone is 2. The Labute approximate surface area is 107 Å². The molecular formula is C15H18FNO. The maximum atomic E-state index is 13.1. The highest BCUT2D eigenvalue weighted by molar-refractivity contribution is 5.78. The van der Waals surface area contributed by atoms with Gasteiger partial charge in [0, 0.05) is 19.5 Å². The maximum Gasteiger partial charge on any atom is 0.226 e. The third-order valence-electron chi connectivity index (χ3n) is 3.30. The molecule has 0 spiro atoms. The second-order valence-corrected chi connectivity index (χ2v) is 4.81. The SMILES string of the molecule is CN(Cc1cccc(F)c1)C(=O)C1CC=CCC1. The van der Waals surface area contributed by atoms with Crippen LogP contribution in [0.25, 0.3) is 0 Å². The summed E-state index contributed by atoms with van der Waals surface area (Å²) in [5.41, 5.74) is 0.831. The Balaban J connectivity index is 1.96. The quantitative estimate of drug-likeness (QED) is 0.751. The van der Waals surface area contributed by atoms with Gasteiger partial charge < -0.3 is 4.90 Å². The summed E-state index contributed by atoms with van der Waals surface area (Å²) in [5, 5.41) is 0. The van der Waals surface area contributed by atoms with Gasteiger partial charge in [0.1, 0.15) is 5.82 Å². The van der Waals surface area contributed by atoms with E-state index in [9.17, 15) is 9.18 Å². The second-order valence-electron chi connectivity index (χ2n) is 4.81. The third-order valence-corrected chi connectivity index (χ3v) is 3.30. The molecule has 0 saturated carbocycles. The van der Waals surface area contributed by atoms with Crippen molar-refractivity contribution in [3.05, 3.63) is 47.8 Å². The molecule has 2 rings (SSSR count). The van der Waals surface area contributed by atoms with Crippen molar-refractivity contribution in [1.82, 2.24) is 4.90 Å². The first-order chi connectivity index (χ1) is 8.66. The van der Waals surface area contributed by atoms with Crippen LogP contribution in [0.4, 0.5) is 4.39 Å². The molecule has 0 fully saturated rings. The van der Waals surface area contributed by atoms with Crippen molar-refractivity contribution in [3.8, 4) is 0 Å². The smallest absolute Gasteiger partial charge is 0.226 e. The zero-order valence-electron chi connectivity index (χ0n) is 10.6. The van der Waals surface area contributed by atoms with Crippen molar-refractivity contribution < 1.29 is 9.18 Å². The van der Waals surface area contributed by atoms with Crippen LogP contribution in [0.2, 0.25) is 0 Å². The minimum Gasteiger partial charge on any atom is -0.341 e. The molecule has 18 heavy (non-hydrogen) atoms. The summed E-state index contributed by atoms with van der Waals surface area (Å²) in [5.74, 6) is -0.00822. The normalized spacial score (nSPS) is 18.7. The summed E-state index contributed by atoms with van der Waals surface area (Å²) in [6.07, 6.45) is 6.91. The van der Waals surface area contributed by atoms with E-state index in [1.165, 1.54) is 12.1 Å². The van der Waals surface area contributed by atoms with Gasteiger partial charge >= 0.3 is 0 Å². The molecule has 0 aliphatic heterocycles. The number of carbonyl (C=O) groups is 1. The minimum atomic E-state index is -0.256. The highest BCUT2D eigenvalue weighted by Gasteiger charge is 2.22. The molecule has 0 radical (unpaired) electrons. The molecular weight excluding hydrogens is 229 g/mol. The van der Waals surface area contributed by atoms with Crippen LogP contribution in [0.15, 0.2) is 36.4 Å². The van der Waals surface area contributed by atoms with Gasteiger partial charge in [0.25, 0.3) is 0 Å². The van der Waals surface area contributed by atoms with Crippen molar-refractivity contribution in [2.24, 2.45) is 5.92 Å². The Hall–Kier alpha value is -1.64. The lowest BCUT2D eigenvalue weighted by Gasteiger charge is -2.24. The fourth-order valence-corrected chi connectivity index (χ4v) is 2.32. The average Bonchev–Trinajstić information content (AvgIpc) is 2.39. The topological polar surface area (TPSA) is 20.3 Å². The molecule has 1 unspecified atom stereocenters. The zero-order chi connectivity index (χ0) is 13.0. The standard InChI is InChI=1S/C15H18FNO/c1-17(11-12-6-5-9-14(16)10-12)15(18)13-7-3-2-4-8-13/h2-3,5-6,9-10,13H,4,7-8,11H2,1H3. The monoisotopic (exact) mass is 247 g/mol. The van der Waals surface area contributed by atoms with Crippen LogP contribution in [0.1, 0.15) is 24.8 Å². The van der Waals surface area contributed by atoms with Crippen molar-refractivity contribution >= 4 is 5.91 Å². The van der Waals surface area contributed by atoms with Crippen LogP contribution in [-0.4, -0.2) is 17.9 Å². The Bertz CT molecular complexity index is 456. The predicted octanol–water partition coefficient (Wildman–Crippen LogP) is 3.14. The highest BCUT2D eigenvalue weighted by atomic mass is 19.1. The van der Waals surface area contributed by atoms with Gasteiger partial charge in [0.2, 0.25) is 5.91 Å². The molecule has 2 nitrogen and oxygen atoms in total. The average molecular weight is 247 g/mol. The molecule has 0 saturated heterocycles. The number of halogens is 1. The molecule has 0 N–H and O–H groups in total. The van der Waals surface area contributed by atoms with E-state index in [-0.39, 0.29) is 17.6 Å². The van der Waals surface area contributed by atoms with Crippen molar-refractivity contribution in [1.29, 1.82) is 0 Å². The van der Waals surface area contributed by atoms with E-state index in [1.807, 2.05) is 6.07 Å². The first kappa shape index (κ1) is 12.8. The van der Waals surface area contributed by atoms with Gasteiger partial charge in [0.05, 0.1) is 0 Å². The van der Waals surface area contributed by atoms with Crippen molar-refractivity contribution in [2.45, 2.75) is 25.8 Å². The number of hydrogen-bond donors (Lipinski definition) is 0. The summed E-state index contributed by atoms with van der Waals surface area (Å²) in [6, 6.07) is 6.40. The highest BCUT2D eigenvalue weighted by Crippen LogP contribution is 2.21. The maximum absolute atomic E-state index is 13.1. The lowest BCUT2D eigenvalue weighted by atomic mass is 9.93. The molecule has 1 aromatic rings. The third kappa shape index (κ3) is 3.19. The van der Waals surface area contributed by atoms with Crippen LogP contribution in [0, 0.1) is 11.7 Å².